The van der Waals surface area contributed by atoms with Crippen LogP contribution in [-0.2, 0) is 9.13 Å². The third-order valence-corrected chi connectivity index (χ3v) is 15.3. The molecule has 0 aromatic rings. The van der Waals surface area contributed by atoms with Crippen molar-refractivity contribution in [3.63, 3.8) is 0 Å². The van der Waals surface area contributed by atoms with Gasteiger partial charge in [0.05, 0.1) is 78.5 Å². The molecule has 0 radical (unpaired) electrons. The highest BCUT2D eigenvalue weighted by molar-refractivity contribution is 7.69. The van der Waals surface area contributed by atoms with Crippen molar-refractivity contribution in [1.29, 1.82) is 0 Å². The Hall–Kier alpha value is 0.0400. The lowest BCUT2D eigenvalue weighted by Gasteiger charge is -2.41. The van der Waals surface area contributed by atoms with E-state index in [-0.39, 0.29) is 0 Å². The SMILES string of the molecule is CCCC[N+](CCCC)(CCCC)CCCC.CCCC[N+](CCCC)(CCCC)CCCC.CCCC[N+](CCCC)(CCCC)CCCC.O=P([O-])([O-])C(F)(F)P(=O)([O-])O. The number of unbranched alkanes of at least 4 members (excludes halogenated alkanes) is 12. The van der Waals surface area contributed by atoms with Gasteiger partial charge in [0.2, 0.25) is 7.60 Å². The number of nitrogens with zero attached hydrogens (tertiary/aromatic N) is 3. The zero-order chi connectivity index (χ0) is 48.5. The maximum Gasteiger partial charge on any atom is 0.331 e. The number of alkyl halides is 2. The van der Waals surface area contributed by atoms with Crippen LogP contribution in [0.5, 0.6) is 0 Å². The molecule has 0 saturated heterocycles. The van der Waals surface area contributed by atoms with E-state index in [1.807, 2.05) is 0 Å². The van der Waals surface area contributed by atoms with Crippen molar-refractivity contribution < 1.29 is 50.9 Å². The topological polar surface area (TPSA) is 124 Å². The minimum Gasteiger partial charge on any atom is -0.806 e. The number of hydrogen-bond acceptors (Lipinski definition) is 5. The summed E-state index contributed by atoms with van der Waals surface area (Å²) in [6, 6.07) is 0. The Morgan fingerprint density at radius 1 is 0.339 bits per heavy atom. The van der Waals surface area contributed by atoms with E-state index in [0.29, 0.717) is 0 Å². The number of hydrogen-bond donors (Lipinski definition) is 1. The average molecular weight is 936 g/mol. The molecular formula is C49H109F2N3O6P2. The minimum absolute atomic E-state index is 1.35. The largest absolute Gasteiger partial charge is 0.806 e. The van der Waals surface area contributed by atoms with E-state index in [1.165, 1.54) is 246 Å². The summed E-state index contributed by atoms with van der Waals surface area (Å²) in [6.07, 6.45) is 33.2. The fourth-order valence-electron chi connectivity index (χ4n) is 8.09. The highest BCUT2D eigenvalue weighted by Gasteiger charge is 2.44. The standard InChI is InChI=1S/3C16H36N.CH4F2O6P2/c3*1-5-9-13-17(14-10-6-2,15-11-7-3)16-12-8-4;2-1(3,10(4,5)6)11(7,8)9/h3*5-16H2,1-4H3;(H2,4,5,6)(H2,7,8,9)/q3*+1;/p-3. The van der Waals surface area contributed by atoms with Crippen LogP contribution in [0, 0.1) is 0 Å². The highest BCUT2D eigenvalue weighted by Crippen LogP contribution is 2.64. The van der Waals surface area contributed by atoms with Crippen LogP contribution in [0.1, 0.15) is 237 Å². The van der Waals surface area contributed by atoms with Gasteiger partial charge >= 0.3 is 5.40 Å². The molecule has 0 heterocycles. The quantitative estimate of drug-likeness (QED) is 0.0486. The van der Waals surface area contributed by atoms with Gasteiger partial charge in [-0.05, 0) is 77.0 Å². The molecule has 62 heavy (non-hydrogen) atoms. The van der Waals surface area contributed by atoms with E-state index in [4.69, 9.17) is 4.89 Å². The van der Waals surface area contributed by atoms with Crippen LogP contribution >= 0.6 is 15.2 Å². The van der Waals surface area contributed by atoms with Gasteiger partial charge < -0.3 is 42.2 Å². The van der Waals surface area contributed by atoms with Crippen LogP contribution in [0.15, 0.2) is 0 Å². The Labute approximate surface area is 386 Å². The van der Waals surface area contributed by atoms with E-state index < -0.39 is 20.6 Å². The smallest absolute Gasteiger partial charge is 0.331 e. The Balaban J connectivity index is -0.000000366. The molecule has 380 valence electrons. The molecule has 0 fully saturated rings. The van der Waals surface area contributed by atoms with E-state index >= 15 is 0 Å². The summed E-state index contributed by atoms with van der Waals surface area (Å²) >= 11 is 0. The van der Waals surface area contributed by atoms with Gasteiger partial charge in [0.25, 0.3) is 0 Å². The fraction of sp³-hybridized carbons (Fsp3) is 1.00. The molecule has 0 saturated carbocycles. The van der Waals surface area contributed by atoms with Gasteiger partial charge in [-0.25, -0.2) is 0 Å². The summed E-state index contributed by atoms with van der Waals surface area (Å²) in [4.78, 5) is 36.1. The van der Waals surface area contributed by atoms with Crippen LogP contribution in [-0.4, -0.2) is 102 Å². The van der Waals surface area contributed by atoms with Crippen LogP contribution in [0.4, 0.5) is 8.78 Å². The first kappa shape index (κ1) is 68.6. The average Bonchev–Trinajstić information content (AvgIpc) is 3.24. The zero-order valence-electron chi connectivity index (χ0n) is 43.4. The molecule has 0 aliphatic carbocycles. The summed E-state index contributed by atoms with van der Waals surface area (Å²) in [5.74, 6) is 0. The van der Waals surface area contributed by atoms with Gasteiger partial charge in [-0.15, -0.1) is 0 Å². The lowest BCUT2D eigenvalue weighted by molar-refractivity contribution is -0.929. The maximum atomic E-state index is 11.7. The predicted molar refractivity (Wildman–Crippen MR) is 260 cm³/mol. The van der Waals surface area contributed by atoms with E-state index in [0.717, 1.165) is 0 Å². The van der Waals surface area contributed by atoms with Crippen molar-refractivity contribution in [3.05, 3.63) is 0 Å². The first-order valence-electron chi connectivity index (χ1n) is 26.2. The predicted octanol–water partition coefficient (Wildman–Crippen LogP) is 13.0. The first-order chi connectivity index (χ1) is 29.2. The molecule has 0 spiro atoms. The summed E-state index contributed by atoms with van der Waals surface area (Å²) in [6.45, 7) is 45.1. The lowest BCUT2D eigenvalue weighted by Crippen LogP contribution is -2.50. The van der Waals surface area contributed by atoms with Crippen LogP contribution < -0.4 is 14.7 Å². The van der Waals surface area contributed by atoms with Crippen molar-refractivity contribution in [2.45, 2.75) is 243 Å². The van der Waals surface area contributed by atoms with Gasteiger partial charge in [0.15, 0.2) is 0 Å². The van der Waals surface area contributed by atoms with E-state index in [1.54, 1.807) is 0 Å². The van der Waals surface area contributed by atoms with Crippen molar-refractivity contribution in [3.8, 4) is 0 Å². The molecule has 1 N–H and O–H groups in total. The summed E-state index contributed by atoms with van der Waals surface area (Å²) in [7, 11) is -13.1. The van der Waals surface area contributed by atoms with Crippen LogP contribution in [0.2, 0.25) is 0 Å². The number of halogens is 2. The van der Waals surface area contributed by atoms with Gasteiger partial charge in [0, 0.05) is 7.60 Å². The second kappa shape index (κ2) is 42.4. The van der Waals surface area contributed by atoms with E-state index in [2.05, 4.69) is 83.1 Å². The molecule has 0 aromatic carbocycles. The normalized spacial score (nSPS) is 13.3. The Kier molecular flexibility index (Phi) is 46.9. The minimum atomic E-state index is -6.65. The summed E-state index contributed by atoms with van der Waals surface area (Å²) < 4.78 is 46.8. The molecule has 1 unspecified atom stereocenters. The molecule has 0 amide bonds. The second-order valence-corrected chi connectivity index (χ2v) is 22.0. The Bertz CT molecular complexity index is 825. The molecule has 0 aliphatic rings. The molecule has 1 atom stereocenters. The summed E-state index contributed by atoms with van der Waals surface area (Å²) in [5.41, 5.74) is 0. The Morgan fingerprint density at radius 2 is 0.452 bits per heavy atom. The number of quaternary nitrogens is 3. The van der Waals surface area contributed by atoms with E-state index in [9.17, 15) is 32.6 Å². The number of rotatable bonds is 38. The van der Waals surface area contributed by atoms with Crippen molar-refractivity contribution in [2.75, 3.05) is 78.5 Å². The third-order valence-electron chi connectivity index (χ3n) is 12.5. The monoisotopic (exact) mass is 936 g/mol. The second-order valence-electron chi connectivity index (χ2n) is 18.5. The summed E-state index contributed by atoms with van der Waals surface area (Å²) in [5, 5.41) is -5.63. The van der Waals surface area contributed by atoms with Gasteiger partial charge in [-0.2, -0.15) is 8.78 Å². The van der Waals surface area contributed by atoms with Gasteiger partial charge in [-0.3, -0.25) is 0 Å². The van der Waals surface area contributed by atoms with Crippen LogP contribution in [0.25, 0.3) is 0 Å². The van der Waals surface area contributed by atoms with Gasteiger partial charge in [-0.1, -0.05) is 160 Å². The third kappa shape index (κ3) is 34.4. The Morgan fingerprint density at radius 3 is 0.500 bits per heavy atom. The van der Waals surface area contributed by atoms with Crippen molar-refractivity contribution >= 4 is 15.2 Å². The van der Waals surface area contributed by atoms with Crippen molar-refractivity contribution in [2.24, 2.45) is 0 Å². The lowest BCUT2D eigenvalue weighted by atomic mass is 10.1. The fourth-order valence-corrected chi connectivity index (χ4v) is 9.33. The first-order valence-corrected chi connectivity index (χ1v) is 29.3. The molecule has 0 bridgehead atoms. The zero-order valence-corrected chi connectivity index (χ0v) is 45.2. The molecule has 0 aliphatic heterocycles. The molecule has 0 aromatic heterocycles. The molecule has 9 nitrogen and oxygen atoms in total. The highest BCUT2D eigenvalue weighted by atomic mass is 31.2. The molecule has 13 heteroatoms. The molecular weight excluding hydrogens is 826 g/mol. The van der Waals surface area contributed by atoms with Gasteiger partial charge in [0.1, 0.15) is 0 Å². The van der Waals surface area contributed by atoms with Crippen molar-refractivity contribution in [1.82, 2.24) is 0 Å². The van der Waals surface area contributed by atoms with Crippen LogP contribution in [0.3, 0.4) is 0 Å². The maximum absolute atomic E-state index is 11.7. The molecule has 0 rings (SSSR count).